The van der Waals surface area contributed by atoms with Gasteiger partial charge < -0.3 is 10.1 Å². The third kappa shape index (κ3) is 7.95. The van der Waals surface area contributed by atoms with E-state index in [0.29, 0.717) is 29.3 Å². The van der Waals surface area contributed by atoms with Crippen LogP contribution >= 0.6 is 11.6 Å². The third-order valence-corrected chi connectivity index (χ3v) is 4.48. The van der Waals surface area contributed by atoms with Crippen molar-refractivity contribution >= 4 is 35.3 Å². The van der Waals surface area contributed by atoms with Crippen molar-refractivity contribution in [3.05, 3.63) is 95.0 Å². The molecule has 6 nitrogen and oxygen atoms in total. The van der Waals surface area contributed by atoms with Gasteiger partial charge in [-0.05, 0) is 60.0 Å². The van der Waals surface area contributed by atoms with Gasteiger partial charge in [-0.1, -0.05) is 48.0 Å². The number of halogens is 1. The van der Waals surface area contributed by atoms with Gasteiger partial charge in [-0.3, -0.25) is 9.59 Å². The lowest BCUT2D eigenvalue weighted by Gasteiger charge is -2.08. The number of hydrogen-bond acceptors (Lipinski definition) is 4. The number of carbonyl (C=O) groups excluding carboxylic acids is 2. The van der Waals surface area contributed by atoms with Gasteiger partial charge >= 0.3 is 0 Å². The molecule has 0 radical (unpaired) electrons. The molecule has 2 amide bonds. The summed E-state index contributed by atoms with van der Waals surface area (Å²) in [5, 5.41) is 7.23. The van der Waals surface area contributed by atoms with Crippen LogP contribution in [0.4, 0.5) is 5.69 Å². The Morgan fingerprint density at radius 1 is 0.935 bits per heavy atom. The Labute approximate surface area is 185 Å². The van der Waals surface area contributed by atoms with Crippen LogP contribution in [0, 0.1) is 0 Å². The zero-order valence-corrected chi connectivity index (χ0v) is 17.5. The second-order valence-electron chi connectivity index (χ2n) is 6.70. The van der Waals surface area contributed by atoms with E-state index in [-0.39, 0.29) is 18.4 Å². The third-order valence-electron chi connectivity index (χ3n) is 4.24. The lowest BCUT2D eigenvalue weighted by molar-refractivity contribution is -0.121. The van der Waals surface area contributed by atoms with Crippen LogP contribution in [0.2, 0.25) is 5.02 Å². The van der Waals surface area contributed by atoms with Gasteiger partial charge in [0.2, 0.25) is 5.91 Å². The monoisotopic (exact) mass is 435 g/mol. The van der Waals surface area contributed by atoms with Gasteiger partial charge in [0.25, 0.3) is 5.91 Å². The van der Waals surface area contributed by atoms with Crippen LogP contribution < -0.4 is 15.5 Å². The minimum absolute atomic E-state index is 0.128. The summed E-state index contributed by atoms with van der Waals surface area (Å²) >= 11 is 5.89. The fourth-order valence-electron chi connectivity index (χ4n) is 2.70. The first-order chi connectivity index (χ1) is 15.1. The molecule has 3 rings (SSSR count). The number of nitrogens with zero attached hydrogens (tertiary/aromatic N) is 1. The molecule has 3 aromatic rings. The summed E-state index contributed by atoms with van der Waals surface area (Å²) in [6, 6.07) is 23.7. The minimum atomic E-state index is -0.286. The fraction of sp³-hybridized carbons (Fsp3) is 0.125. The number of hydrogen-bond donors (Lipinski definition) is 2. The highest BCUT2D eigenvalue weighted by atomic mass is 35.5. The molecule has 0 spiro atoms. The molecular formula is C24H22ClN3O3. The molecule has 0 aromatic heterocycles. The van der Waals surface area contributed by atoms with E-state index < -0.39 is 0 Å². The molecule has 0 fully saturated rings. The maximum absolute atomic E-state index is 12.0. The Bertz CT molecular complexity index is 1040. The number of rotatable bonds is 9. The highest BCUT2D eigenvalue weighted by Crippen LogP contribution is 2.15. The van der Waals surface area contributed by atoms with Crippen molar-refractivity contribution in [1.29, 1.82) is 0 Å². The Balaban J connectivity index is 1.39. The minimum Gasteiger partial charge on any atom is -0.484 e. The Hall–Kier alpha value is -3.64. The van der Waals surface area contributed by atoms with Crippen LogP contribution in [-0.4, -0.2) is 24.6 Å². The quantitative estimate of drug-likeness (QED) is 0.385. The largest absolute Gasteiger partial charge is 0.484 e. The molecule has 0 atom stereocenters. The molecule has 0 bridgehead atoms. The van der Waals surface area contributed by atoms with Crippen molar-refractivity contribution in [2.24, 2.45) is 5.10 Å². The summed E-state index contributed by atoms with van der Waals surface area (Å²) in [5.41, 5.74) is 5.03. The molecule has 0 heterocycles. The predicted molar refractivity (Wildman–Crippen MR) is 123 cm³/mol. The topological polar surface area (TPSA) is 79.8 Å². The number of carbonyl (C=O) groups is 2. The number of hydrazone groups is 1. The average molecular weight is 436 g/mol. The van der Waals surface area contributed by atoms with Crippen molar-refractivity contribution < 1.29 is 14.3 Å². The zero-order valence-electron chi connectivity index (χ0n) is 16.8. The van der Waals surface area contributed by atoms with Crippen molar-refractivity contribution in [2.45, 2.75) is 12.8 Å². The van der Waals surface area contributed by atoms with Gasteiger partial charge in [0, 0.05) is 17.1 Å². The van der Waals surface area contributed by atoms with E-state index >= 15 is 0 Å². The van der Waals surface area contributed by atoms with E-state index in [1.807, 2.05) is 30.3 Å². The van der Waals surface area contributed by atoms with Crippen LogP contribution in [0.1, 0.15) is 17.5 Å². The Morgan fingerprint density at radius 2 is 1.71 bits per heavy atom. The Kier molecular flexibility index (Phi) is 8.20. The number of ether oxygens (including phenoxy) is 1. The van der Waals surface area contributed by atoms with Crippen molar-refractivity contribution in [2.75, 3.05) is 11.9 Å². The lowest BCUT2D eigenvalue weighted by Crippen LogP contribution is -2.20. The first kappa shape index (κ1) is 22.1. The van der Waals surface area contributed by atoms with E-state index in [4.69, 9.17) is 16.3 Å². The summed E-state index contributed by atoms with van der Waals surface area (Å²) in [5.74, 6) is 0.113. The molecule has 31 heavy (non-hydrogen) atoms. The molecule has 0 aliphatic rings. The average Bonchev–Trinajstić information content (AvgIpc) is 2.78. The van der Waals surface area contributed by atoms with E-state index in [2.05, 4.69) is 15.8 Å². The maximum atomic E-state index is 12.0. The maximum Gasteiger partial charge on any atom is 0.262 e. The van der Waals surface area contributed by atoms with Gasteiger partial charge in [0.1, 0.15) is 5.75 Å². The van der Waals surface area contributed by atoms with Gasteiger partial charge in [-0.2, -0.15) is 5.10 Å². The summed E-state index contributed by atoms with van der Waals surface area (Å²) in [6.07, 6.45) is 2.58. The van der Waals surface area contributed by atoms with Crippen LogP contribution in [0.3, 0.4) is 0 Å². The van der Waals surface area contributed by atoms with Gasteiger partial charge in [0.05, 0.1) is 6.21 Å². The summed E-state index contributed by atoms with van der Waals surface area (Å²) in [7, 11) is 0. The van der Waals surface area contributed by atoms with Crippen LogP contribution in [-0.2, 0) is 16.0 Å². The summed E-state index contributed by atoms with van der Waals surface area (Å²) in [4.78, 5) is 23.8. The fourth-order valence-corrected chi connectivity index (χ4v) is 2.89. The van der Waals surface area contributed by atoms with Gasteiger partial charge in [-0.25, -0.2) is 5.43 Å². The normalized spacial score (nSPS) is 10.6. The van der Waals surface area contributed by atoms with E-state index in [9.17, 15) is 9.59 Å². The number of amides is 2. The van der Waals surface area contributed by atoms with E-state index in [0.717, 1.165) is 11.1 Å². The highest BCUT2D eigenvalue weighted by Gasteiger charge is 2.04. The molecule has 7 heteroatoms. The standard InChI is InChI=1S/C24H22ClN3O3/c25-20-7-4-8-21(15-20)27-24(30)17-31-22-12-9-19(10-13-22)16-26-28-23(29)14-11-18-5-2-1-3-6-18/h1-10,12-13,15-16H,11,14,17H2,(H,27,30)(H,28,29)/b26-16-. The van der Waals surface area contributed by atoms with Crippen LogP contribution in [0.15, 0.2) is 84.0 Å². The number of anilines is 1. The smallest absolute Gasteiger partial charge is 0.262 e. The second-order valence-corrected chi connectivity index (χ2v) is 7.13. The SMILES string of the molecule is O=C(CCc1ccccc1)N/N=C\c1ccc(OCC(=O)Nc2cccc(Cl)c2)cc1. The van der Waals surface area contributed by atoms with Crippen LogP contribution in [0.25, 0.3) is 0 Å². The van der Waals surface area contributed by atoms with E-state index in [1.54, 1.807) is 54.7 Å². The summed E-state index contributed by atoms with van der Waals surface area (Å²) in [6.45, 7) is -0.128. The molecular weight excluding hydrogens is 414 g/mol. The van der Waals surface area contributed by atoms with Gasteiger partial charge in [-0.15, -0.1) is 0 Å². The lowest BCUT2D eigenvalue weighted by atomic mass is 10.1. The summed E-state index contributed by atoms with van der Waals surface area (Å²) < 4.78 is 5.48. The number of nitrogens with one attached hydrogen (secondary N) is 2. The highest BCUT2D eigenvalue weighted by molar-refractivity contribution is 6.30. The molecule has 0 unspecified atom stereocenters. The molecule has 0 aliphatic heterocycles. The first-order valence-electron chi connectivity index (χ1n) is 9.72. The van der Waals surface area contributed by atoms with Crippen LogP contribution in [0.5, 0.6) is 5.75 Å². The first-order valence-corrected chi connectivity index (χ1v) is 10.1. The molecule has 2 N–H and O–H groups in total. The molecule has 3 aromatic carbocycles. The zero-order chi connectivity index (χ0) is 21.9. The van der Waals surface area contributed by atoms with E-state index in [1.165, 1.54) is 0 Å². The second kappa shape index (κ2) is 11.5. The molecule has 0 saturated carbocycles. The number of aryl methyl sites for hydroxylation is 1. The molecule has 158 valence electrons. The van der Waals surface area contributed by atoms with Crippen molar-refractivity contribution in [3.8, 4) is 5.75 Å². The van der Waals surface area contributed by atoms with Crippen molar-refractivity contribution in [1.82, 2.24) is 5.43 Å². The van der Waals surface area contributed by atoms with Gasteiger partial charge in [0.15, 0.2) is 6.61 Å². The predicted octanol–water partition coefficient (Wildman–Crippen LogP) is 4.44. The van der Waals surface area contributed by atoms with Crippen molar-refractivity contribution in [3.63, 3.8) is 0 Å². The molecule has 0 saturated heterocycles. The number of benzene rings is 3. The Morgan fingerprint density at radius 3 is 2.45 bits per heavy atom. The molecule has 0 aliphatic carbocycles.